The maximum Gasteiger partial charge on any atom is 0.309 e. The van der Waals surface area contributed by atoms with E-state index in [1.807, 2.05) is 0 Å². The van der Waals surface area contributed by atoms with Crippen molar-refractivity contribution < 1.29 is 19.6 Å². The van der Waals surface area contributed by atoms with Crippen LogP contribution in [0.5, 0.6) is 0 Å². The third-order valence-corrected chi connectivity index (χ3v) is 4.66. The predicted molar refractivity (Wildman–Crippen MR) is 86.8 cm³/mol. The Morgan fingerprint density at radius 3 is 2.65 bits per heavy atom. The fourth-order valence-corrected chi connectivity index (χ4v) is 2.90. The summed E-state index contributed by atoms with van der Waals surface area (Å²) in [6.07, 6.45) is 0.310. The lowest BCUT2D eigenvalue weighted by Gasteiger charge is -2.18. The smallest absolute Gasteiger partial charge is 0.309 e. The summed E-state index contributed by atoms with van der Waals surface area (Å²) in [7, 11) is 0. The van der Waals surface area contributed by atoms with Crippen LogP contribution in [0.4, 0.5) is 5.69 Å². The molecule has 2 aromatic rings. The molecule has 0 fully saturated rings. The lowest BCUT2D eigenvalue weighted by molar-refractivity contribution is -0.384. The molecule has 0 bridgehead atoms. The predicted octanol–water partition coefficient (Wildman–Crippen LogP) is 3.04. The van der Waals surface area contributed by atoms with E-state index in [9.17, 15) is 19.7 Å². The van der Waals surface area contributed by atoms with E-state index >= 15 is 0 Å². The molecule has 1 amide bonds. The van der Waals surface area contributed by atoms with E-state index in [0.717, 1.165) is 4.70 Å². The second-order valence-corrected chi connectivity index (χ2v) is 6.87. The number of carbonyl (C=O) groups excluding carboxylic acids is 1. The number of nitro groups is 1. The maximum atomic E-state index is 12.1. The van der Waals surface area contributed by atoms with Gasteiger partial charge in [0.15, 0.2) is 0 Å². The molecular weight excluding hydrogens is 320 g/mol. The van der Waals surface area contributed by atoms with Crippen molar-refractivity contribution in [1.29, 1.82) is 0 Å². The van der Waals surface area contributed by atoms with Crippen LogP contribution in [0.15, 0.2) is 24.3 Å². The summed E-state index contributed by atoms with van der Waals surface area (Å²) in [4.78, 5) is 33.8. The number of hydrogen-bond donors (Lipinski definition) is 2. The molecule has 0 saturated carbocycles. The van der Waals surface area contributed by atoms with Crippen molar-refractivity contribution in [2.24, 2.45) is 5.41 Å². The van der Waals surface area contributed by atoms with Gasteiger partial charge in [-0.3, -0.25) is 19.7 Å². The average Bonchev–Trinajstić information content (AvgIpc) is 2.89. The molecular formula is C15H16N2O5S. The van der Waals surface area contributed by atoms with Gasteiger partial charge in [0.2, 0.25) is 0 Å². The number of carboxylic acids is 1. The van der Waals surface area contributed by atoms with Crippen LogP contribution >= 0.6 is 11.3 Å². The quantitative estimate of drug-likeness (QED) is 0.622. The van der Waals surface area contributed by atoms with Gasteiger partial charge in [-0.05, 0) is 32.4 Å². The van der Waals surface area contributed by atoms with E-state index in [4.69, 9.17) is 5.11 Å². The topological polar surface area (TPSA) is 110 Å². The van der Waals surface area contributed by atoms with Gasteiger partial charge >= 0.3 is 5.97 Å². The van der Waals surface area contributed by atoms with E-state index in [1.165, 1.54) is 23.5 Å². The molecule has 1 aromatic carbocycles. The number of non-ortho nitro benzene ring substituents is 1. The standard InChI is InChI=1S/C15H16N2O5S/c1-15(2,14(19)20)5-6-16-13(18)12-8-9-7-10(17(21)22)3-4-11(9)23-12/h3-4,7-8H,5-6H2,1-2H3,(H,16,18)(H,19,20). The van der Waals surface area contributed by atoms with Crippen molar-refractivity contribution >= 4 is 39.0 Å². The summed E-state index contributed by atoms with van der Waals surface area (Å²) in [5.41, 5.74) is -0.931. The number of benzene rings is 1. The number of thiophene rings is 1. The molecule has 0 spiro atoms. The summed E-state index contributed by atoms with van der Waals surface area (Å²) in [6, 6.07) is 6.04. The third-order valence-electron chi connectivity index (χ3n) is 3.55. The minimum absolute atomic E-state index is 0.0227. The number of amides is 1. The zero-order chi connectivity index (χ0) is 17.2. The normalized spacial score (nSPS) is 11.4. The molecule has 0 unspecified atom stereocenters. The fourth-order valence-electron chi connectivity index (χ4n) is 1.94. The second-order valence-electron chi connectivity index (χ2n) is 5.78. The van der Waals surface area contributed by atoms with Crippen LogP contribution < -0.4 is 5.32 Å². The Morgan fingerprint density at radius 2 is 2.04 bits per heavy atom. The van der Waals surface area contributed by atoms with Gasteiger partial charge in [0.1, 0.15) is 0 Å². The molecule has 23 heavy (non-hydrogen) atoms. The van der Waals surface area contributed by atoms with Crippen molar-refractivity contribution in [3.63, 3.8) is 0 Å². The van der Waals surface area contributed by atoms with E-state index in [-0.39, 0.29) is 18.1 Å². The number of hydrogen-bond acceptors (Lipinski definition) is 5. The molecule has 0 aliphatic carbocycles. The summed E-state index contributed by atoms with van der Waals surface area (Å²) in [5.74, 6) is -1.23. The summed E-state index contributed by atoms with van der Waals surface area (Å²) in [6.45, 7) is 3.44. The minimum Gasteiger partial charge on any atom is -0.481 e. The lowest BCUT2D eigenvalue weighted by atomic mass is 9.90. The molecule has 0 aliphatic rings. The molecule has 2 N–H and O–H groups in total. The SMILES string of the molecule is CC(C)(CCNC(=O)c1cc2cc([N+](=O)[O-])ccc2s1)C(=O)O. The van der Waals surface area contributed by atoms with Crippen LogP contribution in [0.2, 0.25) is 0 Å². The molecule has 2 rings (SSSR count). The summed E-state index contributed by atoms with van der Waals surface area (Å²) in [5, 5.41) is 23.1. The molecule has 1 aromatic heterocycles. The van der Waals surface area contributed by atoms with Crippen molar-refractivity contribution in [2.45, 2.75) is 20.3 Å². The monoisotopic (exact) mass is 336 g/mol. The Hall–Kier alpha value is -2.48. The van der Waals surface area contributed by atoms with Crippen LogP contribution in [0.3, 0.4) is 0 Å². The van der Waals surface area contributed by atoms with E-state index in [1.54, 1.807) is 26.0 Å². The largest absolute Gasteiger partial charge is 0.481 e. The zero-order valence-electron chi connectivity index (χ0n) is 12.7. The van der Waals surface area contributed by atoms with E-state index in [2.05, 4.69) is 5.32 Å². The zero-order valence-corrected chi connectivity index (χ0v) is 13.5. The highest BCUT2D eigenvalue weighted by atomic mass is 32.1. The first-order chi connectivity index (χ1) is 10.7. The Balaban J connectivity index is 2.07. The number of carbonyl (C=O) groups is 2. The molecule has 8 heteroatoms. The molecule has 0 saturated heterocycles. The van der Waals surface area contributed by atoms with Gasteiger partial charge in [-0.15, -0.1) is 11.3 Å². The Bertz CT molecular complexity index is 781. The second kappa shape index (κ2) is 6.33. The number of nitrogens with zero attached hydrogens (tertiary/aromatic N) is 1. The first-order valence-corrected chi connectivity index (χ1v) is 7.72. The Morgan fingerprint density at radius 1 is 1.35 bits per heavy atom. The van der Waals surface area contributed by atoms with Crippen molar-refractivity contribution in [1.82, 2.24) is 5.32 Å². The Kier molecular flexibility index (Phi) is 4.65. The van der Waals surface area contributed by atoms with Crippen LogP contribution in [0.25, 0.3) is 10.1 Å². The molecule has 0 aliphatic heterocycles. The first kappa shape index (κ1) is 16.9. The van der Waals surface area contributed by atoms with Gasteiger partial charge in [0, 0.05) is 28.8 Å². The van der Waals surface area contributed by atoms with Crippen LogP contribution in [-0.2, 0) is 4.79 Å². The summed E-state index contributed by atoms with van der Waals surface area (Å²) < 4.78 is 0.784. The van der Waals surface area contributed by atoms with E-state index in [0.29, 0.717) is 16.7 Å². The highest BCUT2D eigenvalue weighted by Crippen LogP contribution is 2.29. The molecule has 122 valence electrons. The van der Waals surface area contributed by atoms with Crippen molar-refractivity contribution in [2.75, 3.05) is 6.54 Å². The van der Waals surface area contributed by atoms with Crippen LogP contribution in [0.1, 0.15) is 29.9 Å². The molecule has 0 radical (unpaired) electrons. The number of nitrogens with one attached hydrogen (secondary N) is 1. The van der Waals surface area contributed by atoms with Crippen molar-refractivity contribution in [3.8, 4) is 0 Å². The van der Waals surface area contributed by atoms with Gasteiger partial charge < -0.3 is 10.4 Å². The number of carboxylic acid groups (broad SMARTS) is 1. The number of nitro benzene ring substituents is 1. The van der Waals surface area contributed by atoms with E-state index < -0.39 is 16.3 Å². The number of fused-ring (bicyclic) bond motifs is 1. The van der Waals surface area contributed by atoms with Gasteiger partial charge in [0.25, 0.3) is 11.6 Å². The first-order valence-electron chi connectivity index (χ1n) is 6.90. The highest BCUT2D eigenvalue weighted by Gasteiger charge is 2.26. The van der Waals surface area contributed by atoms with Gasteiger partial charge in [-0.25, -0.2) is 0 Å². The van der Waals surface area contributed by atoms with Crippen LogP contribution in [-0.4, -0.2) is 28.5 Å². The number of aliphatic carboxylic acids is 1. The van der Waals surface area contributed by atoms with Crippen LogP contribution in [0, 0.1) is 15.5 Å². The summed E-state index contributed by atoms with van der Waals surface area (Å²) >= 11 is 1.24. The highest BCUT2D eigenvalue weighted by molar-refractivity contribution is 7.20. The average molecular weight is 336 g/mol. The lowest BCUT2D eigenvalue weighted by Crippen LogP contribution is -2.31. The van der Waals surface area contributed by atoms with Gasteiger partial charge in [0.05, 0.1) is 15.2 Å². The van der Waals surface area contributed by atoms with Gasteiger partial charge in [-0.1, -0.05) is 0 Å². The molecule has 7 nitrogen and oxygen atoms in total. The minimum atomic E-state index is -0.916. The Labute approximate surface area is 136 Å². The maximum absolute atomic E-state index is 12.1. The fraction of sp³-hybridized carbons (Fsp3) is 0.333. The van der Waals surface area contributed by atoms with Crippen molar-refractivity contribution in [3.05, 3.63) is 39.3 Å². The molecule has 1 heterocycles. The number of rotatable bonds is 6. The molecule has 0 atom stereocenters. The third kappa shape index (κ3) is 3.84. The van der Waals surface area contributed by atoms with Gasteiger partial charge in [-0.2, -0.15) is 0 Å².